The topological polar surface area (TPSA) is 47.3 Å². The summed E-state index contributed by atoms with van der Waals surface area (Å²) in [7, 11) is 1.82. The summed E-state index contributed by atoms with van der Waals surface area (Å²) in [6.45, 7) is 4.41. The molecule has 0 aromatic heterocycles. The molecule has 0 amide bonds. The Kier molecular flexibility index (Phi) is 4.61. The fourth-order valence-corrected chi connectivity index (χ4v) is 3.51. The van der Waals surface area contributed by atoms with Gasteiger partial charge >= 0.3 is 0 Å². The maximum atomic E-state index is 5.95. The third kappa shape index (κ3) is 2.99. The van der Waals surface area contributed by atoms with E-state index in [-0.39, 0.29) is 11.6 Å². The van der Waals surface area contributed by atoms with Gasteiger partial charge in [0, 0.05) is 7.11 Å². The average molecular weight is 262 g/mol. The van der Waals surface area contributed by atoms with Gasteiger partial charge in [-0.1, -0.05) is 49.6 Å². The van der Waals surface area contributed by atoms with Gasteiger partial charge in [-0.3, -0.25) is 11.3 Å². The van der Waals surface area contributed by atoms with Crippen LogP contribution < -0.4 is 11.3 Å². The van der Waals surface area contributed by atoms with Crippen LogP contribution in [-0.4, -0.2) is 12.7 Å². The highest BCUT2D eigenvalue weighted by molar-refractivity contribution is 5.27. The number of rotatable bonds is 4. The van der Waals surface area contributed by atoms with E-state index in [0.717, 1.165) is 12.8 Å². The first kappa shape index (κ1) is 14.5. The number of benzene rings is 1. The molecule has 3 N–H and O–H groups in total. The number of hydrazine groups is 1. The van der Waals surface area contributed by atoms with Crippen molar-refractivity contribution in [3.05, 3.63) is 35.4 Å². The van der Waals surface area contributed by atoms with Gasteiger partial charge in [0.2, 0.25) is 0 Å². The summed E-state index contributed by atoms with van der Waals surface area (Å²) < 4.78 is 5.95. The first-order valence-corrected chi connectivity index (χ1v) is 7.19. The van der Waals surface area contributed by atoms with Gasteiger partial charge in [0.1, 0.15) is 0 Å². The van der Waals surface area contributed by atoms with E-state index in [1.54, 1.807) is 0 Å². The molecule has 1 aromatic carbocycles. The Balaban J connectivity index is 2.33. The van der Waals surface area contributed by atoms with E-state index in [1.807, 2.05) is 7.11 Å². The fourth-order valence-electron chi connectivity index (χ4n) is 3.51. The Morgan fingerprint density at radius 3 is 2.84 bits per heavy atom. The van der Waals surface area contributed by atoms with Crippen LogP contribution >= 0.6 is 0 Å². The molecule has 1 aromatic rings. The normalized spacial score (nSPS) is 29.2. The minimum Gasteiger partial charge on any atom is -0.376 e. The van der Waals surface area contributed by atoms with Gasteiger partial charge in [-0.25, -0.2) is 0 Å². The molecule has 19 heavy (non-hydrogen) atoms. The summed E-state index contributed by atoms with van der Waals surface area (Å²) >= 11 is 0. The molecular weight excluding hydrogens is 236 g/mol. The smallest absolute Gasteiger partial charge is 0.0888 e. The molecule has 1 saturated carbocycles. The molecule has 0 bridgehead atoms. The zero-order valence-electron chi connectivity index (χ0n) is 12.3. The van der Waals surface area contributed by atoms with Crippen molar-refractivity contribution in [3.63, 3.8) is 0 Å². The lowest BCUT2D eigenvalue weighted by Gasteiger charge is -2.44. The van der Waals surface area contributed by atoms with E-state index >= 15 is 0 Å². The molecule has 3 unspecified atom stereocenters. The third-order valence-electron chi connectivity index (χ3n) is 4.47. The maximum Gasteiger partial charge on any atom is 0.0888 e. The molecular formula is C16H26N2O. The number of hydrogen-bond donors (Lipinski definition) is 2. The lowest BCUT2D eigenvalue weighted by Crippen LogP contribution is -2.50. The molecule has 0 radical (unpaired) electrons. The second-order valence-corrected chi connectivity index (χ2v) is 5.98. The summed E-state index contributed by atoms with van der Waals surface area (Å²) in [5.41, 5.74) is 5.30. The molecule has 3 heteroatoms. The Hall–Kier alpha value is -0.900. The largest absolute Gasteiger partial charge is 0.376 e. The molecule has 0 spiro atoms. The molecule has 0 heterocycles. The van der Waals surface area contributed by atoms with Crippen LogP contribution in [0.1, 0.15) is 49.8 Å². The van der Waals surface area contributed by atoms with Gasteiger partial charge in [0.15, 0.2) is 0 Å². The van der Waals surface area contributed by atoms with Gasteiger partial charge in [0.25, 0.3) is 0 Å². The summed E-state index contributed by atoms with van der Waals surface area (Å²) in [5, 5.41) is 0. The molecule has 2 rings (SSSR count). The highest BCUT2D eigenvalue weighted by atomic mass is 16.5. The van der Waals surface area contributed by atoms with Gasteiger partial charge < -0.3 is 4.74 Å². The highest BCUT2D eigenvalue weighted by Crippen LogP contribution is 2.43. The second kappa shape index (κ2) is 6.04. The number of ether oxygens (including phenoxy) is 1. The summed E-state index contributed by atoms with van der Waals surface area (Å²) in [6, 6.07) is 8.59. The Labute approximate surface area is 116 Å². The SMILES string of the molecule is COC1(C(NN)c2cccc(C)c2)CCCC(C)C1. The fraction of sp³-hybridized carbons (Fsp3) is 0.625. The van der Waals surface area contributed by atoms with Crippen molar-refractivity contribution in [3.8, 4) is 0 Å². The summed E-state index contributed by atoms with van der Waals surface area (Å²) in [5.74, 6) is 6.55. The second-order valence-electron chi connectivity index (χ2n) is 5.98. The van der Waals surface area contributed by atoms with E-state index in [0.29, 0.717) is 5.92 Å². The van der Waals surface area contributed by atoms with Crippen LogP contribution in [0.2, 0.25) is 0 Å². The number of aryl methyl sites for hydroxylation is 1. The zero-order valence-corrected chi connectivity index (χ0v) is 12.3. The van der Waals surface area contributed by atoms with Gasteiger partial charge in [-0.2, -0.15) is 0 Å². The van der Waals surface area contributed by atoms with Crippen molar-refractivity contribution in [1.29, 1.82) is 0 Å². The van der Waals surface area contributed by atoms with Crippen LogP contribution in [0.4, 0.5) is 0 Å². The van der Waals surface area contributed by atoms with Crippen molar-refractivity contribution >= 4 is 0 Å². The van der Waals surface area contributed by atoms with Crippen molar-refractivity contribution in [2.75, 3.05) is 7.11 Å². The highest BCUT2D eigenvalue weighted by Gasteiger charge is 2.42. The molecule has 0 saturated heterocycles. The number of methoxy groups -OCH3 is 1. The molecule has 3 atom stereocenters. The van der Waals surface area contributed by atoms with Gasteiger partial charge in [-0.05, 0) is 31.2 Å². The van der Waals surface area contributed by atoms with Crippen molar-refractivity contribution < 1.29 is 4.74 Å². The predicted octanol–water partition coefficient (Wildman–Crippen LogP) is 3.09. The number of nitrogens with two attached hydrogens (primary N) is 1. The van der Waals surface area contributed by atoms with E-state index in [1.165, 1.54) is 24.0 Å². The molecule has 1 fully saturated rings. The standard InChI is InChI=1S/C16H26N2O/c1-12-6-4-8-14(10-12)15(18-17)16(19-3)9-5-7-13(2)11-16/h4,6,8,10,13,15,18H,5,7,9,11,17H2,1-3H3. The van der Waals surface area contributed by atoms with Crippen LogP contribution in [0.15, 0.2) is 24.3 Å². The van der Waals surface area contributed by atoms with Gasteiger partial charge in [-0.15, -0.1) is 0 Å². The lowest BCUT2D eigenvalue weighted by molar-refractivity contribution is -0.0806. The van der Waals surface area contributed by atoms with Crippen LogP contribution in [0, 0.1) is 12.8 Å². The van der Waals surface area contributed by atoms with E-state index in [4.69, 9.17) is 10.6 Å². The van der Waals surface area contributed by atoms with Crippen LogP contribution in [0.5, 0.6) is 0 Å². The maximum absolute atomic E-state index is 5.95. The third-order valence-corrected chi connectivity index (χ3v) is 4.47. The minimum absolute atomic E-state index is 0.0557. The molecule has 1 aliphatic carbocycles. The monoisotopic (exact) mass is 262 g/mol. The zero-order chi connectivity index (χ0) is 13.9. The van der Waals surface area contributed by atoms with Gasteiger partial charge in [0.05, 0.1) is 11.6 Å². The van der Waals surface area contributed by atoms with Crippen molar-refractivity contribution in [2.24, 2.45) is 11.8 Å². The molecule has 0 aliphatic heterocycles. The summed E-state index contributed by atoms with van der Waals surface area (Å²) in [4.78, 5) is 0. The lowest BCUT2D eigenvalue weighted by atomic mass is 9.73. The number of hydrogen-bond acceptors (Lipinski definition) is 3. The Bertz CT molecular complexity index is 421. The Morgan fingerprint density at radius 1 is 1.47 bits per heavy atom. The average Bonchev–Trinajstić information content (AvgIpc) is 2.39. The van der Waals surface area contributed by atoms with Crippen LogP contribution in [-0.2, 0) is 4.74 Å². The van der Waals surface area contributed by atoms with E-state index in [2.05, 4.69) is 43.5 Å². The summed E-state index contributed by atoms with van der Waals surface area (Å²) in [6.07, 6.45) is 4.62. The van der Waals surface area contributed by atoms with E-state index < -0.39 is 0 Å². The predicted molar refractivity (Wildman–Crippen MR) is 78.6 cm³/mol. The van der Waals surface area contributed by atoms with Crippen molar-refractivity contribution in [1.82, 2.24) is 5.43 Å². The van der Waals surface area contributed by atoms with Crippen LogP contribution in [0.3, 0.4) is 0 Å². The first-order chi connectivity index (χ1) is 9.11. The Morgan fingerprint density at radius 2 is 2.26 bits per heavy atom. The quantitative estimate of drug-likeness (QED) is 0.647. The number of nitrogens with one attached hydrogen (secondary N) is 1. The minimum atomic E-state index is -0.180. The molecule has 106 valence electrons. The molecule has 1 aliphatic rings. The van der Waals surface area contributed by atoms with E-state index in [9.17, 15) is 0 Å². The molecule has 3 nitrogen and oxygen atoms in total. The van der Waals surface area contributed by atoms with Crippen molar-refractivity contribution in [2.45, 2.75) is 51.2 Å². The van der Waals surface area contributed by atoms with Crippen LogP contribution in [0.25, 0.3) is 0 Å². The first-order valence-electron chi connectivity index (χ1n) is 7.19.